The minimum absolute atomic E-state index is 0.0633. The summed E-state index contributed by atoms with van der Waals surface area (Å²) in [6.07, 6.45) is 48.5. The van der Waals surface area contributed by atoms with E-state index in [0.717, 1.165) is 96.3 Å². The molecule has 356 valence electrons. The smallest absolute Gasteiger partial charge is 0.306 e. The molecule has 0 saturated carbocycles. The van der Waals surface area contributed by atoms with Crippen LogP contribution in [0.25, 0.3) is 0 Å². The van der Waals surface area contributed by atoms with Crippen LogP contribution >= 0.6 is 0 Å². The maximum absolute atomic E-state index is 13.3. The summed E-state index contributed by atoms with van der Waals surface area (Å²) in [5.74, 6) is -0.331. The van der Waals surface area contributed by atoms with Gasteiger partial charge in [0, 0.05) is 19.3 Å². The molecule has 0 aliphatic heterocycles. The van der Waals surface area contributed by atoms with E-state index < -0.39 is 0 Å². The highest BCUT2D eigenvalue weighted by molar-refractivity contribution is 5.70. The Morgan fingerprint density at radius 2 is 0.517 bits per heavy atom. The highest BCUT2D eigenvalue weighted by Gasteiger charge is 2.28. The second kappa shape index (κ2) is 48.4. The quantitative estimate of drug-likeness (QED) is 0.0345. The Bertz CT molecular complexity index is 905. The van der Waals surface area contributed by atoms with Gasteiger partial charge in [-0.05, 0) is 51.4 Å². The molecule has 0 radical (unpaired) electrons. The number of carbonyl (C=O) groups is 3. The van der Waals surface area contributed by atoms with Crippen LogP contribution in [-0.2, 0) is 28.6 Å². The van der Waals surface area contributed by atoms with Gasteiger partial charge in [-0.15, -0.1) is 0 Å². The normalized spacial score (nSPS) is 12.4. The molecule has 0 aromatic carbocycles. The van der Waals surface area contributed by atoms with Gasteiger partial charge in [-0.2, -0.15) is 0 Å². The van der Waals surface area contributed by atoms with Gasteiger partial charge in [0.25, 0.3) is 0 Å². The molecule has 0 amide bonds. The molecule has 0 aromatic heterocycles. The summed E-state index contributed by atoms with van der Waals surface area (Å²) in [5.41, 5.74) is 0. The zero-order valence-corrected chi connectivity index (χ0v) is 40.9. The third-order valence-corrected chi connectivity index (χ3v) is 12.4. The average Bonchev–Trinajstić information content (AvgIpc) is 3.24. The van der Waals surface area contributed by atoms with Gasteiger partial charge >= 0.3 is 17.9 Å². The topological polar surface area (TPSA) is 78.9 Å². The van der Waals surface area contributed by atoms with Gasteiger partial charge in [-0.3, -0.25) is 14.4 Å². The Morgan fingerprint density at radius 3 is 0.817 bits per heavy atom. The summed E-state index contributed by atoms with van der Waals surface area (Å²) in [7, 11) is 0. The fourth-order valence-electron chi connectivity index (χ4n) is 8.38. The molecule has 0 aliphatic rings. The van der Waals surface area contributed by atoms with Crippen molar-refractivity contribution in [3.63, 3.8) is 0 Å². The highest BCUT2D eigenvalue weighted by atomic mass is 16.6. The van der Waals surface area contributed by atoms with E-state index in [1.165, 1.54) is 167 Å². The van der Waals surface area contributed by atoms with Crippen molar-refractivity contribution < 1.29 is 28.6 Å². The predicted octanol–water partition coefficient (Wildman–Crippen LogP) is 17.6. The van der Waals surface area contributed by atoms with Crippen LogP contribution in [0.1, 0.15) is 310 Å². The number of hydrogen-bond acceptors (Lipinski definition) is 6. The van der Waals surface area contributed by atoms with Crippen LogP contribution in [-0.4, -0.2) is 36.7 Å². The van der Waals surface area contributed by atoms with Gasteiger partial charge in [0.05, 0.1) is 6.61 Å². The van der Waals surface area contributed by atoms with Crippen molar-refractivity contribution in [2.45, 2.75) is 322 Å². The number of hydrogen-bond donors (Lipinski definition) is 0. The Kier molecular flexibility index (Phi) is 47.2. The number of esters is 3. The molecular formula is C54H104O6. The molecule has 6 heteroatoms. The predicted molar refractivity (Wildman–Crippen MR) is 257 cm³/mol. The summed E-state index contributed by atoms with van der Waals surface area (Å²) in [6.45, 7) is 9.57. The van der Waals surface area contributed by atoms with Gasteiger partial charge in [0.2, 0.25) is 0 Å². The maximum Gasteiger partial charge on any atom is 0.306 e. The molecular weight excluding hydrogens is 745 g/mol. The van der Waals surface area contributed by atoms with E-state index in [0.29, 0.717) is 25.9 Å². The highest BCUT2D eigenvalue weighted by Crippen LogP contribution is 2.23. The van der Waals surface area contributed by atoms with Crippen LogP contribution in [0.4, 0.5) is 0 Å². The molecule has 0 spiro atoms. The van der Waals surface area contributed by atoms with Gasteiger partial charge in [-0.1, -0.05) is 240 Å². The van der Waals surface area contributed by atoms with E-state index in [4.69, 9.17) is 14.2 Å². The average molecular weight is 849 g/mol. The lowest BCUT2D eigenvalue weighted by Crippen LogP contribution is -2.35. The van der Waals surface area contributed by atoms with Crippen molar-refractivity contribution in [3.8, 4) is 0 Å². The first-order valence-electron chi connectivity index (χ1n) is 27.0. The van der Waals surface area contributed by atoms with Crippen molar-refractivity contribution >= 4 is 17.9 Å². The Morgan fingerprint density at radius 1 is 0.283 bits per heavy atom. The molecule has 6 nitrogen and oxygen atoms in total. The molecule has 0 rings (SSSR count). The molecule has 0 saturated heterocycles. The largest absolute Gasteiger partial charge is 0.466 e. The molecule has 0 aliphatic carbocycles. The third-order valence-electron chi connectivity index (χ3n) is 12.4. The van der Waals surface area contributed by atoms with E-state index in [2.05, 4.69) is 27.7 Å². The summed E-state index contributed by atoms with van der Waals surface area (Å²) >= 11 is 0. The number of ether oxygens (including phenoxy) is 3. The van der Waals surface area contributed by atoms with E-state index in [-0.39, 0.29) is 30.1 Å². The summed E-state index contributed by atoms with van der Waals surface area (Å²) in [4.78, 5) is 38.9. The zero-order valence-electron chi connectivity index (χ0n) is 40.9. The Balaban J connectivity index is 4.93. The first-order valence-corrected chi connectivity index (χ1v) is 27.0. The Hall–Kier alpha value is -1.59. The van der Waals surface area contributed by atoms with Crippen LogP contribution < -0.4 is 0 Å². The molecule has 0 heterocycles. The summed E-state index contributed by atoms with van der Waals surface area (Å²) in [5, 5.41) is 0. The Labute approximate surface area is 374 Å². The second-order valence-corrected chi connectivity index (χ2v) is 18.5. The standard InChI is InChI=1S/C54H104O6/c1-5-9-13-17-21-24-27-30-37-43-49-58-52(55)46-40-36-31-33-39-45-51(60-54(57)48-42-35-29-26-23-19-15-11-7-3)50(44-38-32-20-16-12-8-4)59-53(56)47-41-34-28-25-22-18-14-10-6-2/h50-51H,5-49H2,1-4H3. The van der Waals surface area contributed by atoms with E-state index in [1.807, 2.05) is 0 Å². The first kappa shape index (κ1) is 58.4. The van der Waals surface area contributed by atoms with E-state index in [1.54, 1.807) is 0 Å². The lowest BCUT2D eigenvalue weighted by Gasteiger charge is -2.27. The van der Waals surface area contributed by atoms with Crippen molar-refractivity contribution in [1.29, 1.82) is 0 Å². The minimum atomic E-state index is -0.389. The van der Waals surface area contributed by atoms with Crippen LogP contribution in [0.2, 0.25) is 0 Å². The maximum atomic E-state index is 13.3. The van der Waals surface area contributed by atoms with Gasteiger partial charge in [0.1, 0.15) is 12.2 Å². The molecule has 0 N–H and O–H groups in total. The van der Waals surface area contributed by atoms with E-state index in [9.17, 15) is 14.4 Å². The molecule has 60 heavy (non-hydrogen) atoms. The minimum Gasteiger partial charge on any atom is -0.466 e. The van der Waals surface area contributed by atoms with Gasteiger partial charge < -0.3 is 14.2 Å². The fraction of sp³-hybridized carbons (Fsp3) is 0.944. The molecule has 0 aromatic rings. The van der Waals surface area contributed by atoms with Crippen LogP contribution in [0.15, 0.2) is 0 Å². The van der Waals surface area contributed by atoms with Gasteiger partial charge in [-0.25, -0.2) is 0 Å². The first-order chi connectivity index (χ1) is 29.5. The van der Waals surface area contributed by atoms with E-state index >= 15 is 0 Å². The number of rotatable bonds is 49. The lowest BCUT2D eigenvalue weighted by atomic mass is 9.98. The van der Waals surface area contributed by atoms with Crippen molar-refractivity contribution in [1.82, 2.24) is 0 Å². The van der Waals surface area contributed by atoms with Crippen molar-refractivity contribution in [2.24, 2.45) is 0 Å². The molecule has 2 unspecified atom stereocenters. The van der Waals surface area contributed by atoms with Crippen LogP contribution in [0.5, 0.6) is 0 Å². The number of unbranched alkanes of at least 4 members (excludes halogenated alkanes) is 34. The van der Waals surface area contributed by atoms with Crippen LogP contribution in [0.3, 0.4) is 0 Å². The SMILES string of the molecule is CCCCCCCCCCCCOC(=O)CCCCCCCC(OC(=O)CCCCCCCCCCC)C(CCCCCCCC)OC(=O)CCCCCCCCCCC. The number of carbonyl (C=O) groups excluding carboxylic acids is 3. The second-order valence-electron chi connectivity index (χ2n) is 18.5. The van der Waals surface area contributed by atoms with Crippen LogP contribution in [0, 0.1) is 0 Å². The molecule has 0 bridgehead atoms. The molecule has 2 atom stereocenters. The summed E-state index contributed by atoms with van der Waals surface area (Å²) < 4.78 is 18.0. The third kappa shape index (κ3) is 43.1. The van der Waals surface area contributed by atoms with Gasteiger partial charge in [0.15, 0.2) is 0 Å². The fourth-order valence-corrected chi connectivity index (χ4v) is 8.38. The molecule has 0 fully saturated rings. The zero-order chi connectivity index (χ0) is 43.8. The summed E-state index contributed by atoms with van der Waals surface area (Å²) in [6, 6.07) is 0. The van der Waals surface area contributed by atoms with Crippen molar-refractivity contribution in [3.05, 3.63) is 0 Å². The lowest BCUT2D eigenvalue weighted by molar-refractivity contribution is -0.169. The monoisotopic (exact) mass is 849 g/mol. The van der Waals surface area contributed by atoms with Crippen molar-refractivity contribution in [2.75, 3.05) is 6.61 Å².